The number of rotatable bonds is 7. The van der Waals surface area contributed by atoms with Gasteiger partial charge in [0.15, 0.2) is 0 Å². The lowest BCUT2D eigenvalue weighted by Gasteiger charge is -2.33. The van der Waals surface area contributed by atoms with Crippen molar-refractivity contribution in [1.82, 2.24) is 20.4 Å². The third-order valence-corrected chi connectivity index (χ3v) is 6.33. The van der Waals surface area contributed by atoms with Gasteiger partial charge in [0.1, 0.15) is 12.1 Å². The normalized spacial score (nSPS) is 21.1. The molecule has 0 aromatic carbocycles. The molecule has 0 aromatic heterocycles. The summed E-state index contributed by atoms with van der Waals surface area (Å²) in [7, 11) is 0. The summed E-state index contributed by atoms with van der Waals surface area (Å²) >= 11 is 0. The molecule has 2 aliphatic heterocycles. The van der Waals surface area contributed by atoms with Crippen LogP contribution in [0.25, 0.3) is 0 Å². The van der Waals surface area contributed by atoms with Crippen LogP contribution in [0.5, 0.6) is 0 Å². The van der Waals surface area contributed by atoms with Gasteiger partial charge in [0.05, 0.1) is 0 Å². The van der Waals surface area contributed by atoms with Crippen molar-refractivity contribution < 1.29 is 19.2 Å². The maximum absolute atomic E-state index is 12.6. The molecule has 2 rings (SSSR count). The van der Waals surface area contributed by atoms with Gasteiger partial charge in [-0.05, 0) is 38.5 Å². The van der Waals surface area contributed by atoms with Crippen LogP contribution in [0.2, 0.25) is 0 Å². The molecule has 0 bridgehead atoms. The van der Waals surface area contributed by atoms with Crippen molar-refractivity contribution in [3.8, 4) is 0 Å². The Labute approximate surface area is 167 Å². The molecule has 2 fully saturated rings. The Morgan fingerprint density at radius 1 is 1.14 bits per heavy atom. The Morgan fingerprint density at radius 3 is 2.18 bits per heavy atom. The second-order valence-corrected chi connectivity index (χ2v) is 8.31. The fourth-order valence-corrected chi connectivity index (χ4v) is 3.68. The van der Waals surface area contributed by atoms with Gasteiger partial charge >= 0.3 is 6.03 Å². The number of carbonyl (C=O) groups is 4. The molecule has 1 atom stereocenters. The van der Waals surface area contributed by atoms with Crippen molar-refractivity contribution in [3.05, 3.63) is 0 Å². The molecule has 8 nitrogen and oxygen atoms in total. The van der Waals surface area contributed by atoms with E-state index in [1.807, 2.05) is 20.8 Å². The van der Waals surface area contributed by atoms with E-state index < -0.39 is 11.6 Å². The lowest BCUT2D eigenvalue weighted by atomic mass is 9.93. The first kappa shape index (κ1) is 22.2. The molecule has 8 heteroatoms. The molecule has 0 aromatic rings. The van der Waals surface area contributed by atoms with Crippen LogP contribution in [0.1, 0.15) is 60.3 Å². The summed E-state index contributed by atoms with van der Waals surface area (Å²) in [5, 5.41) is 5.77. The quantitative estimate of drug-likeness (QED) is 0.639. The summed E-state index contributed by atoms with van der Waals surface area (Å²) in [5.41, 5.74) is -0.893. The van der Waals surface area contributed by atoms with Gasteiger partial charge in [0.25, 0.3) is 5.91 Å². The standard InChI is InChI=1S/C20H34N4O4/c1-6-20(7-2)18(27)24(19(28)22-20)12-16(25)23-10-8-15(9-11-23)17(26)21-14(5)13(3)4/h13-15H,6-12H2,1-5H3,(H,21,26)(H,22,28). The van der Waals surface area contributed by atoms with Crippen LogP contribution < -0.4 is 10.6 Å². The van der Waals surface area contributed by atoms with E-state index in [2.05, 4.69) is 24.5 Å². The molecule has 28 heavy (non-hydrogen) atoms. The number of nitrogens with zero attached hydrogens (tertiary/aromatic N) is 2. The van der Waals surface area contributed by atoms with Crippen molar-refractivity contribution >= 4 is 23.8 Å². The van der Waals surface area contributed by atoms with Gasteiger partial charge in [-0.3, -0.25) is 19.3 Å². The van der Waals surface area contributed by atoms with E-state index in [1.165, 1.54) is 0 Å². The number of nitrogens with one attached hydrogen (secondary N) is 2. The summed E-state index contributed by atoms with van der Waals surface area (Å²) < 4.78 is 0. The van der Waals surface area contributed by atoms with Crippen LogP contribution in [0.3, 0.4) is 0 Å². The predicted octanol–water partition coefficient (Wildman–Crippen LogP) is 1.50. The van der Waals surface area contributed by atoms with E-state index >= 15 is 0 Å². The Hall–Kier alpha value is -2.12. The molecule has 0 aliphatic carbocycles. The summed E-state index contributed by atoms with van der Waals surface area (Å²) in [4.78, 5) is 52.5. The molecule has 0 saturated carbocycles. The zero-order valence-electron chi connectivity index (χ0n) is 17.7. The van der Waals surface area contributed by atoms with Gasteiger partial charge < -0.3 is 15.5 Å². The zero-order valence-corrected chi connectivity index (χ0v) is 17.7. The molecular formula is C20H34N4O4. The maximum Gasteiger partial charge on any atom is 0.325 e. The predicted molar refractivity (Wildman–Crippen MR) is 105 cm³/mol. The Kier molecular flexibility index (Phi) is 7.06. The highest BCUT2D eigenvalue weighted by Crippen LogP contribution is 2.25. The van der Waals surface area contributed by atoms with Crippen LogP contribution in [-0.2, 0) is 14.4 Å². The van der Waals surface area contributed by atoms with Gasteiger partial charge in [-0.1, -0.05) is 27.7 Å². The highest BCUT2D eigenvalue weighted by molar-refractivity contribution is 6.09. The van der Waals surface area contributed by atoms with Crippen LogP contribution >= 0.6 is 0 Å². The summed E-state index contributed by atoms with van der Waals surface area (Å²) in [6.45, 7) is 10.5. The fraction of sp³-hybridized carbons (Fsp3) is 0.800. The topological polar surface area (TPSA) is 98.8 Å². The average Bonchev–Trinajstić information content (AvgIpc) is 2.92. The molecule has 5 amide bonds. The molecule has 2 heterocycles. The summed E-state index contributed by atoms with van der Waals surface area (Å²) in [5.74, 6) is -0.269. The number of piperidine rings is 1. The van der Waals surface area contributed by atoms with Gasteiger partial charge in [-0.25, -0.2) is 4.79 Å². The molecule has 2 N–H and O–H groups in total. The van der Waals surface area contributed by atoms with Crippen molar-refractivity contribution in [2.45, 2.75) is 71.9 Å². The van der Waals surface area contributed by atoms with E-state index in [0.717, 1.165) is 4.90 Å². The fourth-order valence-electron chi connectivity index (χ4n) is 3.68. The van der Waals surface area contributed by atoms with Crippen LogP contribution in [-0.4, -0.2) is 64.8 Å². The summed E-state index contributed by atoms with van der Waals surface area (Å²) in [6, 6.07) is -0.386. The molecule has 0 radical (unpaired) electrons. The molecule has 1 unspecified atom stereocenters. The summed E-state index contributed by atoms with van der Waals surface area (Å²) in [6.07, 6.45) is 2.18. The number of likely N-dealkylation sites (tertiary alicyclic amines) is 1. The van der Waals surface area contributed by atoms with E-state index in [1.54, 1.807) is 4.90 Å². The highest BCUT2D eigenvalue weighted by Gasteiger charge is 2.49. The minimum Gasteiger partial charge on any atom is -0.353 e. The Balaban J connectivity index is 1.88. The number of carbonyl (C=O) groups excluding carboxylic acids is 4. The van der Waals surface area contributed by atoms with E-state index in [4.69, 9.17) is 0 Å². The van der Waals surface area contributed by atoms with Gasteiger partial charge in [0.2, 0.25) is 11.8 Å². The van der Waals surface area contributed by atoms with Crippen molar-refractivity contribution in [1.29, 1.82) is 0 Å². The highest BCUT2D eigenvalue weighted by atomic mass is 16.2. The Morgan fingerprint density at radius 2 is 1.71 bits per heavy atom. The number of urea groups is 1. The lowest BCUT2D eigenvalue weighted by molar-refractivity contribution is -0.140. The largest absolute Gasteiger partial charge is 0.353 e. The number of hydrogen-bond donors (Lipinski definition) is 2. The zero-order chi connectivity index (χ0) is 21.1. The number of imide groups is 1. The lowest BCUT2D eigenvalue weighted by Crippen LogP contribution is -2.49. The third kappa shape index (κ3) is 4.47. The first-order valence-electron chi connectivity index (χ1n) is 10.4. The van der Waals surface area contributed by atoms with Crippen molar-refractivity contribution in [2.75, 3.05) is 19.6 Å². The maximum atomic E-state index is 12.6. The van der Waals surface area contributed by atoms with Crippen molar-refractivity contribution in [3.63, 3.8) is 0 Å². The van der Waals surface area contributed by atoms with Crippen LogP contribution in [0.15, 0.2) is 0 Å². The average molecular weight is 395 g/mol. The first-order valence-corrected chi connectivity index (χ1v) is 10.4. The van der Waals surface area contributed by atoms with E-state index in [-0.39, 0.29) is 36.2 Å². The number of hydrogen-bond acceptors (Lipinski definition) is 4. The molecular weight excluding hydrogens is 360 g/mol. The smallest absolute Gasteiger partial charge is 0.325 e. The molecule has 2 saturated heterocycles. The van der Waals surface area contributed by atoms with Gasteiger partial charge in [-0.15, -0.1) is 0 Å². The molecule has 0 spiro atoms. The molecule has 158 valence electrons. The number of amides is 5. The van der Waals surface area contributed by atoms with Gasteiger partial charge in [0, 0.05) is 25.0 Å². The second-order valence-electron chi connectivity index (χ2n) is 8.31. The Bertz CT molecular complexity index is 622. The van der Waals surface area contributed by atoms with Crippen molar-refractivity contribution in [2.24, 2.45) is 11.8 Å². The first-order chi connectivity index (χ1) is 13.1. The SMILES string of the molecule is CCC1(CC)NC(=O)N(CC(=O)N2CCC(C(=O)NC(C)C(C)C)CC2)C1=O. The molecule has 2 aliphatic rings. The minimum absolute atomic E-state index is 0.0399. The monoisotopic (exact) mass is 394 g/mol. The second kappa shape index (κ2) is 8.92. The van der Waals surface area contributed by atoms with E-state index in [0.29, 0.717) is 44.7 Å². The van der Waals surface area contributed by atoms with Crippen LogP contribution in [0.4, 0.5) is 4.79 Å². The van der Waals surface area contributed by atoms with E-state index in [9.17, 15) is 19.2 Å². The van der Waals surface area contributed by atoms with Gasteiger partial charge in [-0.2, -0.15) is 0 Å². The van der Waals surface area contributed by atoms with Crippen LogP contribution in [0, 0.1) is 11.8 Å². The minimum atomic E-state index is -0.893. The third-order valence-electron chi connectivity index (χ3n) is 6.33.